The number of nitrogens with zero attached hydrogens (tertiary/aromatic N) is 4. The first-order valence-electron chi connectivity index (χ1n) is 14.9. The molecule has 3 atom stereocenters. The molecule has 0 bridgehead atoms. The smallest absolute Gasteiger partial charge is 0.416 e. The highest BCUT2D eigenvalue weighted by molar-refractivity contribution is 5.80. The summed E-state index contributed by atoms with van der Waals surface area (Å²) < 4.78 is 44.2. The molecule has 3 aromatic rings. The summed E-state index contributed by atoms with van der Waals surface area (Å²) in [5.74, 6) is 2.93. The van der Waals surface area contributed by atoms with E-state index >= 15 is 0 Å². The van der Waals surface area contributed by atoms with Crippen molar-refractivity contribution in [3.8, 4) is 29.9 Å². The lowest BCUT2D eigenvalue weighted by Crippen LogP contribution is -2.32. The number of nitrogens with two attached hydrogens (primary N) is 1. The largest absolute Gasteiger partial charge is 0.493 e. The Labute approximate surface area is 273 Å². The zero-order chi connectivity index (χ0) is 35.5. The molecular formula is C34H43F3N6O4. The molecule has 3 heterocycles. The van der Waals surface area contributed by atoms with E-state index in [1.165, 1.54) is 13.5 Å². The Morgan fingerprint density at radius 2 is 1.83 bits per heavy atom. The number of terminal acetylenes is 1. The van der Waals surface area contributed by atoms with Crippen molar-refractivity contribution >= 4 is 24.8 Å². The normalized spacial score (nSPS) is 19.0. The second-order valence-corrected chi connectivity index (χ2v) is 11.4. The number of benzene rings is 1. The number of aromatic nitrogens is 3. The van der Waals surface area contributed by atoms with Crippen molar-refractivity contribution < 1.29 is 32.6 Å². The first-order chi connectivity index (χ1) is 22.2. The number of carbonyl (C=O) groups is 2. The molecule has 1 aromatic carbocycles. The molecule has 13 heteroatoms. The molecule has 1 aliphatic heterocycles. The number of pyridine rings is 1. The van der Waals surface area contributed by atoms with Crippen LogP contribution in [0.2, 0.25) is 0 Å². The van der Waals surface area contributed by atoms with Crippen molar-refractivity contribution in [1.82, 2.24) is 19.4 Å². The number of carboxylic acid groups (broad SMARTS) is 1. The lowest BCUT2D eigenvalue weighted by molar-refractivity contribution is -0.137. The molecule has 0 saturated heterocycles. The topological polar surface area (TPSA) is 136 Å². The minimum absolute atomic E-state index is 0.158. The molecule has 1 unspecified atom stereocenters. The molecule has 5 rings (SSSR count). The van der Waals surface area contributed by atoms with Crippen molar-refractivity contribution in [1.29, 1.82) is 0 Å². The van der Waals surface area contributed by atoms with Crippen LogP contribution in [0.5, 0.6) is 5.75 Å². The van der Waals surface area contributed by atoms with Gasteiger partial charge in [0.15, 0.2) is 0 Å². The molecule has 1 saturated carbocycles. The van der Waals surface area contributed by atoms with Gasteiger partial charge in [0, 0.05) is 49.7 Å². The van der Waals surface area contributed by atoms with Crippen molar-refractivity contribution in [2.24, 2.45) is 17.1 Å². The summed E-state index contributed by atoms with van der Waals surface area (Å²) in [6.45, 7) is 9.23. The first kappa shape index (κ1) is 38.4. The number of carbonyl (C=O) groups excluding carboxylic acids is 1. The molecule has 2 aliphatic rings. The average Bonchev–Trinajstić information content (AvgIpc) is 3.56. The number of rotatable bonds is 6. The molecule has 254 valence electrons. The quantitative estimate of drug-likeness (QED) is 0.195. The summed E-state index contributed by atoms with van der Waals surface area (Å²) in [5.41, 5.74) is 9.36. The summed E-state index contributed by atoms with van der Waals surface area (Å²) in [6, 6.07) is 7.41. The Hall–Kier alpha value is -4.83. The lowest BCUT2D eigenvalue weighted by atomic mass is 9.76. The van der Waals surface area contributed by atoms with Crippen LogP contribution in [-0.2, 0) is 11.0 Å². The van der Waals surface area contributed by atoms with Gasteiger partial charge < -0.3 is 30.4 Å². The molecular weight excluding hydrogens is 613 g/mol. The third-order valence-corrected chi connectivity index (χ3v) is 8.55. The highest BCUT2D eigenvalue weighted by Crippen LogP contribution is 2.53. The molecule has 10 nitrogen and oxygen atoms in total. The predicted molar refractivity (Wildman–Crippen MR) is 177 cm³/mol. The van der Waals surface area contributed by atoms with Crippen LogP contribution in [0.1, 0.15) is 80.1 Å². The van der Waals surface area contributed by atoms with E-state index in [2.05, 4.69) is 54.7 Å². The fourth-order valence-electron chi connectivity index (χ4n) is 5.60. The van der Waals surface area contributed by atoms with Crippen LogP contribution in [0.3, 0.4) is 0 Å². The van der Waals surface area contributed by atoms with Crippen LogP contribution in [-0.4, -0.2) is 58.0 Å². The van der Waals surface area contributed by atoms with Gasteiger partial charge in [0.05, 0.1) is 23.6 Å². The Bertz CT molecular complexity index is 1550. The van der Waals surface area contributed by atoms with Crippen LogP contribution >= 0.6 is 0 Å². The molecule has 2 aromatic heterocycles. The van der Waals surface area contributed by atoms with E-state index in [0.29, 0.717) is 29.8 Å². The molecule has 1 aliphatic carbocycles. The van der Waals surface area contributed by atoms with Gasteiger partial charge in [-0.3, -0.25) is 9.59 Å². The van der Waals surface area contributed by atoms with Gasteiger partial charge in [0.1, 0.15) is 29.8 Å². The SMILES string of the molecule is C#C.CCOc1cc(C=O)ccc1-c1nc([C@@H]2CC[C@@H](C)C2(C)C)n2c1C(N)N(C)C=C2.CNc1cc(C(F)(F)F)ccn1.O=CO. The van der Waals surface area contributed by atoms with Crippen molar-refractivity contribution in [2.75, 3.05) is 26.0 Å². The summed E-state index contributed by atoms with van der Waals surface area (Å²) in [5, 5.41) is 9.42. The number of anilines is 1. The van der Waals surface area contributed by atoms with Gasteiger partial charge in [-0.15, -0.1) is 12.8 Å². The summed E-state index contributed by atoms with van der Waals surface area (Å²) in [4.78, 5) is 30.5. The maximum Gasteiger partial charge on any atom is 0.416 e. The van der Waals surface area contributed by atoms with Gasteiger partial charge >= 0.3 is 6.18 Å². The van der Waals surface area contributed by atoms with Crippen LogP contribution < -0.4 is 15.8 Å². The van der Waals surface area contributed by atoms with Crippen molar-refractivity contribution in [3.63, 3.8) is 0 Å². The number of hydrogen-bond acceptors (Lipinski definition) is 8. The van der Waals surface area contributed by atoms with E-state index in [1.807, 2.05) is 37.2 Å². The second kappa shape index (κ2) is 16.6. The van der Waals surface area contributed by atoms with E-state index in [4.69, 9.17) is 25.4 Å². The molecule has 0 radical (unpaired) electrons. The minimum Gasteiger partial charge on any atom is -0.493 e. The average molecular weight is 657 g/mol. The predicted octanol–water partition coefficient (Wildman–Crippen LogP) is 6.72. The van der Waals surface area contributed by atoms with Crippen molar-refractivity contribution in [3.05, 3.63) is 65.4 Å². The summed E-state index contributed by atoms with van der Waals surface area (Å²) in [6.07, 6.45) is 11.7. The summed E-state index contributed by atoms with van der Waals surface area (Å²) in [7, 11) is 3.49. The Morgan fingerprint density at radius 3 is 2.36 bits per heavy atom. The number of halogens is 3. The van der Waals surface area contributed by atoms with E-state index in [9.17, 15) is 18.0 Å². The monoisotopic (exact) mass is 656 g/mol. The van der Waals surface area contributed by atoms with E-state index in [-0.39, 0.29) is 23.9 Å². The number of imidazole rings is 1. The zero-order valence-electron chi connectivity index (χ0n) is 27.5. The standard InChI is InChI=1S/C24H32N4O2.C7H7F3N2.C2H2.CH2O2/c1-6-30-19-13-16(14-29)8-9-17(19)20-21-22(25)27(5)11-12-28(21)23(26-20)18-10-7-15(2)24(18,3)4;1-11-6-4-5(2-3-12-6)7(8,9)10;1-2;2-1-3/h8-9,11-15,18,22H,6-7,10,25H2,1-5H3;2-4H,1H3,(H,11,12);1-2H;1H,(H,2,3)/t15-,18+,22?;;;/m1.../s1. The van der Waals surface area contributed by atoms with Gasteiger partial charge in [-0.2, -0.15) is 13.2 Å². The molecule has 47 heavy (non-hydrogen) atoms. The highest BCUT2D eigenvalue weighted by Gasteiger charge is 2.45. The van der Waals surface area contributed by atoms with Crippen LogP contribution in [0.4, 0.5) is 19.0 Å². The van der Waals surface area contributed by atoms with E-state index < -0.39 is 11.7 Å². The third kappa shape index (κ3) is 8.71. The Kier molecular flexibility index (Phi) is 13.6. The first-order valence-corrected chi connectivity index (χ1v) is 14.9. The fraction of sp³-hybridized carbons (Fsp3) is 0.412. The third-order valence-electron chi connectivity index (χ3n) is 8.55. The van der Waals surface area contributed by atoms with E-state index in [1.54, 1.807) is 6.07 Å². The van der Waals surface area contributed by atoms with Gasteiger partial charge in [-0.1, -0.05) is 26.8 Å². The number of hydrogen-bond donors (Lipinski definition) is 3. The van der Waals surface area contributed by atoms with Crippen LogP contribution in [0, 0.1) is 24.2 Å². The number of aldehydes is 1. The molecule has 1 fully saturated rings. The minimum atomic E-state index is -4.30. The number of alkyl halides is 3. The number of fused-ring (bicyclic) bond motifs is 1. The molecule has 0 amide bonds. The second-order valence-electron chi connectivity index (χ2n) is 11.4. The number of ether oxygens (including phenoxy) is 1. The van der Waals surface area contributed by atoms with Gasteiger partial charge in [0.2, 0.25) is 0 Å². The number of nitrogens with one attached hydrogen (secondary N) is 1. The fourth-order valence-corrected chi connectivity index (χ4v) is 5.60. The molecule has 4 N–H and O–H groups in total. The maximum atomic E-state index is 12.0. The maximum absolute atomic E-state index is 12.0. The van der Waals surface area contributed by atoms with Crippen molar-refractivity contribution in [2.45, 2.75) is 58.8 Å². The lowest BCUT2D eigenvalue weighted by Gasteiger charge is -2.33. The summed E-state index contributed by atoms with van der Waals surface area (Å²) >= 11 is 0. The van der Waals surface area contributed by atoms with E-state index in [0.717, 1.165) is 53.8 Å². The Balaban J connectivity index is 0.000000376. The van der Waals surface area contributed by atoms with Gasteiger partial charge in [-0.25, -0.2) is 9.97 Å². The van der Waals surface area contributed by atoms with Crippen LogP contribution in [0.25, 0.3) is 17.5 Å². The Morgan fingerprint density at radius 1 is 1.17 bits per heavy atom. The van der Waals surface area contributed by atoms with Gasteiger partial charge in [0.25, 0.3) is 6.47 Å². The van der Waals surface area contributed by atoms with Gasteiger partial charge in [-0.05, 0) is 55.4 Å². The zero-order valence-corrected chi connectivity index (χ0v) is 27.5. The highest BCUT2D eigenvalue weighted by atomic mass is 19.4. The van der Waals surface area contributed by atoms with Crippen LogP contribution in [0.15, 0.2) is 42.7 Å². The molecule has 0 spiro atoms.